The van der Waals surface area contributed by atoms with Crippen LogP contribution < -0.4 is 10.6 Å². The molecule has 3 aromatic heterocycles. The SMILES string of the molecule is CNc1nc2[nH]c(-c3cc(F)cc(CN4C(N5CCC(NC(C)=O)C5)N4C#N)c3)cc2c2c1ncn2C. The average molecular weight is 503 g/mol. The van der Waals surface area contributed by atoms with E-state index in [9.17, 15) is 14.4 Å². The minimum absolute atomic E-state index is 0.0533. The van der Waals surface area contributed by atoms with E-state index in [1.165, 1.54) is 19.1 Å². The van der Waals surface area contributed by atoms with Crippen LogP contribution in [0.2, 0.25) is 0 Å². The van der Waals surface area contributed by atoms with Crippen LogP contribution in [0, 0.1) is 17.3 Å². The molecule has 4 aromatic rings. The number of pyridine rings is 1. The van der Waals surface area contributed by atoms with Gasteiger partial charge in [0, 0.05) is 63.3 Å². The average Bonchev–Trinajstić information content (AvgIpc) is 3.23. The highest BCUT2D eigenvalue weighted by atomic mass is 19.1. The number of nitrogens with zero attached hydrogens (tertiary/aromatic N) is 7. The third kappa shape index (κ3) is 4.02. The molecule has 0 saturated carbocycles. The summed E-state index contributed by atoms with van der Waals surface area (Å²) in [5, 5.41) is 20.1. The molecule has 2 aliphatic rings. The van der Waals surface area contributed by atoms with Crippen molar-refractivity contribution in [2.45, 2.75) is 32.2 Å². The van der Waals surface area contributed by atoms with Gasteiger partial charge in [0.05, 0.1) is 11.8 Å². The molecule has 6 rings (SSSR count). The Morgan fingerprint density at radius 3 is 2.92 bits per heavy atom. The first kappa shape index (κ1) is 23.2. The molecule has 11 nitrogen and oxygen atoms in total. The molecule has 0 bridgehead atoms. The number of hydrogen-bond donors (Lipinski definition) is 3. The monoisotopic (exact) mass is 502 g/mol. The number of rotatable bonds is 6. The Labute approximate surface area is 212 Å². The van der Waals surface area contributed by atoms with Crippen LogP contribution in [0.4, 0.5) is 10.2 Å². The highest BCUT2D eigenvalue weighted by Crippen LogP contribution is 2.35. The van der Waals surface area contributed by atoms with Crippen LogP contribution in [0.5, 0.6) is 0 Å². The lowest BCUT2D eigenvalue weighted by molar-refractivity contribution is -0.119. The number of hydrogen-bond acceptors (Lipinski definition) is 8. The van der Waals surface area contributed by atoms with Gasteiger partial charge in [0.15, 0.2) is 18.3 Å². The number of aromatic nitrogens is 4. The first-order chi connectivity index (χ1) is 17.9. The van der Waals surface area contributed by atoms with E-state index < -0.39 is 0 Å². The van der Waals surface area contributed by atoms with Gasteiger partial charge in [-0.05, 0) is 36.2 Å². The second kappa shape index (κ2) is 8.72. The van der Waals surface area contributed by atoms with Crippen LogP contribution in [0.15, 0.2) is 30.6 Å². The molecule has 2 aliphatic heterocycles. The number of nitrogens with one attached hydrogen (secondary N) is 3. The molecular formula is C25H27FN10O. The van der Waals surface area contributed by atoms with Crippen molar-refractivity contribution in [3.05, 3.63) is 42.0 Å². The van der Waals surface area contributed by atoms with E-state index in [2.05, 4.69) is 36.7 Å². The fourth-order valence-corrected chi connectivity index (χ4v) is 5.42. The first-order valence-electron chi connectivity index (χ1n) is 12.1. The largest absolute Gasteiger partial charge is 0.371 e. The van der Waals surface area contributed by atoms with E-state index in [4.69, 9.17) is 0 Å². The Morgan fingerprint density at radius 1 is 1.32 bits per heavy atom. The fraction of sp³-hybridized carbons (Fsp3) is 0.360. The molecule has 1 aromatic carbocycles. The summed E-state index contributed by atoms with van der Waals surface area (Å²) in [6.45, 7) is 3.35. The van der Waals surface area contributed by atoms with Gasteiger partial charge in [-0.15, -0.1) is 0 Å². The van der Waals surface area contributed by atoms with Gasteiger partial charge in [-0.3, -0.25) is 9.69 Å². The van der Waals surface area contributed by atoms with Gasteiger partial charge in [-0.1, -0.05) is 0 Å². The fourth-order valence-electron chi connectivity index (χ4n) is 5.42. The highest BCUT2D eigenvalue weighted by molar-refractivity contribution is 6.07. The minimum atomic E-state index is -0.352. The van der Waals surface area contributed by atoms with Crippen LogP contribution in [-0.2, 0) is 18.4 Å². The lowest BCUT2D eigenvalue weighted by Gasteiger charge is -2.14. The van der Waals surface area contributed by atoms with Gasteiger partial charge in [0.2, 0.25) is 5.91 Å². The van der Waals surface area contributed by atoms with Crippen LogP contribution in [0.1, 0.15) is 18.9 Å². The number of benzene rings is 1. The van der Waals surface area contributed by atoms with Gasteiger partial charge >= 0.3 is 0 Å². The van der Waals surface area contributed by atoms with E-state index in [1.807, 2.05) is 28.8 Å². The molecule has 3 unspecified atom stereocenters. The number of aromatic amines is 1. The Bertz CT molecular complexity index is 1570. The van der Waals surface area contributed by atoms with Crippen molar-refractivity contribution in [1.82, 2.24) is 39.8 Å². The van der Waals surface area contributed by atoms with Gasteiger partial charge in [0.1, 0.15) is 17.0 Å². The third-order valence-electron chi connectivity index (χ3n) is 7.05. The Morgan fingerprint density at radius 2 is 2.16 bits per heavy atom. The predicted molar refractivity (Wildman–Crippen MR) is 136 cm³/mol. The number of aryl methyl sites for hydroxylation is 1. The van der Waals surface area contributed by atoms with Crippen molar-refractivity contribution in [3.8, 4) is 17.5 Å². The molecule has 0 aliphatic carbocycles. The molecule has 12 heteroatoms. The molecular weight excluding hydrogens is 475 g/mol. The molecule has 190 valence electrons. The molecule has 37 heavy (non-hydrogen) atoms. The van der Waals surface area contributed by atoms with Gasteiger partial charge in [0.25, 0.3) is 0 Å². The molecule has 3 N–H and O–H groups in total. The van der Waals surface area contributed by atoms with Crippen molar-refractivity contribution >= 4 is 33.8 Å². The second-order valence-electron chi connectivity index (χ2n) is 9.63. The number of carbonyl (C=O) groups excluding carboxylic acids is 1. The molecule has 2 saturated heterocycles. The van der Waals surface area contributed by atoms with Crippen molar-refractivity contribution in [2.24, 2.45) is 7.05 Å². The van der Waals surface area contributed by atoms with Crippen molar-refractivity contribution < 1.29 is 9.18 Å². The number of imidazole rings is 1. The maximum atomic E-state index is 14.8. The molecule has 0 radical (unpaired) electrons. The Kier molecular flexibility index (Phi) is 5.47. The quantitative estimate of drug-likeness (QED) is 0.271. The summed E-state index contributed by atoms with van der Waals surface area (Å²) in [4.78, 5) is 26.0. The Hall–Kier alpha value is -4.21. The molecule has 5 heterocycles. The maximum absolute atomic E-state index is 14.8. The van der Waals surface area contributed by atoms with Crippen molar-refractivity contribution in [1.29, 1.82) is 5.26 Å². The van der Waals surface area contributed by atoms with Crippen LogP contribution >= 0.6 is 0 Å². The summed E-state index contributed by atoms with van der Waals surface area (Å²) in [5.41, 5.74) is 4.59. The lowest BCUT2D eigenvalue weighted by Crippen LogP contribution is -2.37. The molecule has 1 amide bonds. The molecule has 3 atom stereocenters. The number of fused-ring (bicyclic) bond motifs is 3. The Balaban J connectivity index is 1.27. The number of hydrazine groups is 1. The summed E-state index contributed by atoms with van der Waals surface area (Å²) < 4.78 is 16.7. The standard InChI is InChI=1S/C25H27FN10O/c1-14(37)30-18-4-5-34(11-18)25-35(36(25)12-27)10-15-6-16(8-17(26)7-15)20-9-19-22-21(29-13-33(22)3)24(28-2)32-23(19)31-20/h6-9,13,18,25H,4-5,10-11H2,1-3H3,(H,30,37)(H2,28,31,32). The zero-order valence-electron chi connectivity index (χ0n) is 20.8. The molecule has 0 spiro atoms. The first-order valence-corrected chi connectivity index (χ1v) is 12.1. The normalized spacial score (nSPS) is 21.5. The summed E-state index contributed by atoms with van der Waals surface area (Å²) in [7, 11) is 3.74. The number of H-pyrrole nitrogens is 1. The number of halogens is 1. The highest BCUT2D eigenvalue weighted by Gasteiger charge is 2.51. The number of carbonyl (C=O) groups is 1. The predicted octanol–water partition coefficient (Wildman–Crippen LogP) is 2.31. The topological polar surface area (TPSA) is 121 Å². The van der Waals surface area contributed by atoms with E-state index in [0.29, 0.717) is 30.1 Å². The van der Waals surface area contributed by atoms with Gasteiger partial charge in [-0.2, -0.15) is 10.3 Å². The van der Waals surface area contributed by atoms with E-state index in [0.717, 1.165) is 40.6 Å². The lowest BCUT2D eigenvalue weighted by atomic mass is 10.1. The van der Waals surface area contributed by atoms with Gasteiger partial charge in [-0.25, -0.2) is 19.4 Å². The molecule has 2 fully saturated rings. The number of nitriles is 1. The van der Waals surface area contributed by atoms with Crippen LogP contribution in [-0.4, -0.2) is 72.8 Å². The van der Waals surface area contributed by atoms with Crippen molar-refractivity contribution in [2.75, 3.05) is 25.5 Å². The van der Waals surface area contributed by atoms with Crippen LogP contribution in [0.3, 0.4) is 0 Å². The zero-order valence-corrected chi connectivity index (χ0v) is 20.8. The summed E-state index contributed by atoms with van der Waals surface area (Å²) in [6.07, 6.45) is 4.60. The van der Waals surface area contributed by atoms with Crippen LogP contribution in [0.25, 0.3) is 33.3 Å². The van der Waals surface area contributed by atoms with Crippen molar-refractivity contribution in [3.63, 3.8) is 0 Å². The number of likely N-dealkylation sites (tertiary alicyclic amines) is 1. The minimum Gasteiger partial charge on any atom is -0.371 e. The second-order valence-corrected chi connectivity index (χ2v) is 9.63. The summed E-state index contributed by atoms with van der Waals surface area (Å²) in [5.74, 6) is 0.264. The maximum Gasteiger partial charge on any atom is 0.217 e. The van der Waals surface area contributed by atoms with E-state index >= 15 is 0 Å². The number of amides is 1. The smallest absolute Gasteiger partial charge is 0.217 e. The van der Waals surface area contributed by atoms with E-state index in [1.54, 1.807) is 18.4 Å². The summed E-state index contributed by atoms with van der Waals surface area (Å²) >= 11 is 0. The number of anilines is 1. The summed E-state index contributed by atoms with van der Waals surface area (Å²) in [6, 6.07) is 6.97. The van der Waals surface area contributed by atoms with E-state index in [-0.39, 0.29) is 24.1 Å². The zero-order chi connectivity index (χ0) is 25.8. The third-order valence-corrected chi connectivity index (χ3v) is 7.05. The van der Waals surface area contributed by atoms with Gasteiger partial charge < -0.3 is 20.2 Å².